The summed E-state index contributed by atoms with van der Waals surface area (Å²) in [5, 5.41) is 13.3. The summed E-state index contributed by atoms with van der Waals surface area (Å²) in [7, 11) is 0. The molecule has 1 heterocycles. The summed E-state index contributed by atoms with van der Waals surface area (Å²) in [5.74, 6) is 0.697. The zero-order valence-electron chi connectivity index (χ0n) is 10.1. The second-order valence-electron chi connectivity index (χ2n) is 4.35. The fourth-order valence-electron chi connectivity index (χ4n) is 2.15. The van der Waals surface area contributed by atoms with Crippen LogP contribution in [0.15, 0.2) is 12.1 Å². The van der Waals surface area contributed by atoms with Gasteiger partial charge in [-0.2, -0.15) is 0 Å². The van der Waals surface area contributed by atoms with Gasteiger partial charge in [0.25, 0.3) is 0 Å². The van der Waals surface area contributed by atoms with Crippen molar-refractivity contribution in [1.82, 2.24) is 5.32 Å². The maximum Gasteiger partial charge on any atom is 0.144 e. The Hall–Kier alpha value is -0.480. The third-order valence-electron chi connectivity index (χ3n) is 3.07. The highest BCUT2D eigenvalue weighted by atomic mass is 35.5. The van der Waals surface area contributed by atoms with Crippen molar-refractivity contribution in [2.24, 2.45) is 0 Å². The molecule has 0 saturated carbocycles. The Labute approximate surface area is 117 Å². The molecule has 3 nitrogen and oxygen atoms in total. The molecule has 0 fully saturated rings. The summed E-state index contributed by atoms with van der Waals surface area (Å²) in [6, 6.07) is 3.98. The average molecular weight is 290 g/mol. The molecule has 0 radical (unpaired) electrons. The maximum atomic E-state index is 8.82. The van der Waals surface area contributed by atoms with E-state index in [1.165, 1.54) is 0 Å². The quantitative estimate of drug-likeness (QED) is 0.837. The Balaban J connectivity index is 2.22. The molecule has 0 bridgehead atoms. The van der Waals surface area contributed by atoms with Gasteiger partial charge in [0.1, 0.15) is 10.8 Å². The number of ether oxygens (including phenoxy) is 1. The van der Waals surface area contributed by atoms with Crippen LogP contribution in [0.5, 0.6) is 5.75 Å². The molecule has 100 valence electrons. The van der Waals surface area contributed by atoms with Gasteiger partial charge in [0.2, 0.25) is 0 Å². The first-order valence-corrected chi connectivity index (χ1v) is 6.94. The maximum absolute atomic E-state index is 8.82. The van der Waals surface area contributed by atoms with E-state index in [9.17, 15) is 0 Å². The third kappa shape index (κ3) is 3.09. The van der Waals surface area contributed by atoms with Gasteiger partial charge < -0.3 is 15.2 Å². The summed E-state index contributed by atoms with van der Waals surface area (Å²) < 4.78 is 5.69. The standard InChI is InChI=1S/C13H17Cl2NO2/c14-10-5-4-9-11(16-6-2-7-17)3-1-8-18-13(9)12(10)15/h4-5,11,16-17H,1-3,6-8H2. The van der Waals surface area contributed by atoms with E-state index in [0.717, 1.165) is 31.4 Å². The van der Waals surface area contributed by atoms with Gasteiger partial charge in [0.15, 0.2) is 0 Å². The number of benzene rings is 1. The van der Waals surface area contributed by atoms with Gasteiger partial charge in [-0.1, -0.05) is 29.3 Å². The van der Waals surface area contributed by atoms with E-state index < -0.39 is 0 Å². The average Bonchev–Trinajstić information content (AvgIpc) is 2.57. The number of halogens is 2. The lowest BCUT2D eigenvalue weighted by molar-refractivity contribution is 0.282. The fourth-order valence-corrected chi connectivity index (χ4v) is 2.53. The van der Waals surface area contributed by atoms with E-state index in [2.05, 4.69) is 5.32 Å². The number of rotatable bonds is 4. The Kier molecular flexibility index (Phi) is 5.13. The van der Waals surface area contributed by atoms with Crippen molar-refractivity contribution in [2.75, 3.05) is 19.8 Å². The summed E-state index contributed by atoms with van der Waals surface area (Å²) in [6.07, 6.45) is 2.71. The van der Waals surface area contributed by atoms with Crippen molar-refractivity contribution in [1.29, 1.82) is 0 Å². The molecule has 5 heteroatoms. The first-order chi connectivity index (χ1) is 8.74. The molecule has 0 aliphatic carbocycles. The molecular formula is C13H17Cl2NO2. The van der Waals surface area contributed by atoms with Crippen LogP contribution in [0, 0.1) is 0 Å². The molecule has 18 heavy (non-hydrogen) atoms. The molecule has 0 spiro atoms. The van der Waals surface area contributed by atoms with Crippen LogP contribution in [-0.4, -0.2) is 24.9 Å². The van der Waals surface area contributed by atoms with Crippen LogP contribution in [-0.2, 0) is 0 Å². The molecule has 1 aliphatic rings. The molecule has 0 amide bonds. The number of nitrogens with one attached hydrogen (secondary N) is 1. The van der Waals surface area contributed by atoms with Crippen molar-refractivity contribution in [3.05, 3.63) is 27.7 Å². The highest BCUT2D eigenvalue weighted by molar-refractivity contribution is 6.43. The summed E-state index contributed by atoms with van der Waals surface area (Å²) in [4.78, 5) is 0. The minimum absolute atomic E-state index is 0.199. The van der Waals surface area contributed by atoms with Crippen LogP contribution in [0.2, 0.25) is 10.0 Å². The Morgan fingerprint density at radius 3 is 3.00 bits per heavy atom. The zero-order valence-corrected chi connectivity index (χ0v) is 11.6. The molecule has 2 rings (SSSR count). The predicted octanol–water partition coefficient (Wildman–Crippen LogP) is 3.18. The monoisotopic (exact) mass is 289 g/mol. The van der Waals surface area contributed by atoms with Crippen molar-refractivity contribution >= 4 is 23.2 Å². The second kappa shape index (κ2) is 6.62. The first-order valence-electron chi connectivity index (χ1n) is 6.19. The molecule has 0 aromatic heterocycles. The number of hydrogen-bond acceptors (Lipinski definition) is 3. The minimum Gasteiger partial charge on any atom is -0.492 e. The van der Waals surface area contributed by atoms with Crippen LogP contribution in [0.3, 0.4) is 0 Å². The normalized spacial score (nSPS) is 18.9. The van der Waals surface area contributed by atoms with Crippen LogP contribution in [0.25, 0.3) is 0 Å². The minimum atomic E-state index is 0.199. The van der Waals surface area contributed by atoms with Crippen LogP contribution in [0.1, 0.15) is 30.9 Å². The van der Waals surface area contributed by atoms with Crippen molar-refractivity contribution in [3.63, 3.8) is 0 Å². The zero-order chi connectivity index (χ0) is 13.0. The SMILES string of the molecule is OCCCNC1CCCOc2c1ccc(Cl)c2Cl. The van der Waals surface area contributed by atoms with Crippen molar-refractivity contribution in [2.45, 2.75) is 25.3 Å². The Morgan fingerprint density at radius 2 is 2.22 bits per heavy atom. The van der Waals surface area contributed by atoms with E-state index in [-0.39, 0.29) is 12.6 Å². The van der Waals surface area contributed by atoms with E-state index in [1.807, 2.05) is 6.07 Å². The van der Waals surface area contributed by atoms with Gasteiger partial charge >= 0.3 is 0 Å². The highest BCUT2D eigenvalue weighted by Gasteiger charge is 2.22. The van der Waals surface area contributed by atoms with E-state index in [0.29, 0.717) is 22.4 Å². The highest BCUT2D eigenvalue weighted by Crippen LogP contribution is 2.40. The Bertz CT molecular complexity index is 412. The van der Waals surface area contributed by atoms with E-state index >= 15 is 0 Å². The fraction of sp³-hybridized carbons (Fsp3) is 0.538. The third-order valence-corrected chi connectivity index (χ3v) is 3.85. The van der Waals surface area contributed by atoms with Gasteiger partial charge in [-0.15, -0.1) is 0 Å². The van der Waals surface area contributed by atoms with Crippen molar-refractivity contribution < 1.29 is 9.84 Å². The largest absolute Gasteiger partial charge is 0.492 e. The lowest BCUT2D eigenvalue weighted by Crippen LogP contribution is -2.22. The lowest BCUT2D eigenvalue weighted by atomic mass is 10.0. The van der Waals surface area contributed by atoms with Gasteiger partial charge in [-0.25, -0.2) is 0 Å². The summed E-state index contributed by atoms with van der Waals surface area (Å²) in [5.41, 5.74) is 1.06. The summed E-state index contributed by atoms with van der Waals surface area (Å²) in [6.45, 7) is 1.64. The number of hydrogen-bond donors (Lipinski definition) is 2. The molecule has 1 aromatic carbocycles. The molecular weight excluding hydrogens is 273 g/mol. The topological polar surface area (TPSA) is 41.5 Å². The lowest BCUT2D eigenvalue weighted by Gasteiger charge is -2.19. The number of aliphatic hydroxyl groups excluding tert-OH is 1. The first kappa shape index (κ1) is 13.9. The van der Waals surface area contributed by atoms with Crippen LogP contribution in [0.4, 0.5) is 0 Å². The number of aliphatic hydroxyl groups is 1. The van der Waals surface area contributed by atoms with Gasteiger partial charge in [-0.3, -0.25) is 0 Å². The number of fused-ring (bicyclic) bond motifs is 1. The second-order valence-corrected chi connectivity index (χ2v) is 5.14. The molecule has 0 saturated heterocycles. The molecule has 2 N–H and O–H groups in total. The molecule has 1 unspecified atom stereocenters. The van der Waals surface area contributed by atoms with Gasteiger partial charge in [-0.05, 0) is 31.9 Å². The molecule has 1 aromatic rings. The van der Waals surface area contributed by atoms with Crippen molar-refractivity contribution in [3.8, 4) is 5.75 Å². The Morgan fingerprint density at radius 1 is 1.39 bits per heavy atom. The molecule has 1 aliphatic heterocycles. The van der Waals surface area contributed by atoms with E-state index in [1.54, 1.807) is 6.07 Å². The smallest absolute Gasteiger partial charge is 0.144 e. The van der Waals surface area contributed by atoms with Gasteiger partial charge in [0, 0.05) is 18.2 Å². The summed E-state index contributed by atoms with van der Waals surface area (Å²) >= 11 is 12.2. The predicted molar refractivity (Wildman–Crippen MR) is 73.6 cm³/mol. The molecule has 1 atom stereocenters. The van der Waals surface area contributed by atoms with Crippen LogP contribution < -0.4 is 10.1 Å². The van der Waals surface area contributed by atoms with Gasteiger partial charge in [0.05, 0.1) is 11.6 Å². The van der Waals surface area contributed by atoms with Crippen LogP contribution >= 0.6 is 23.2 Å². The van der Waals surface area contributed by atoms with E-state index in [4.69, 9.17) is 33.0 Å².